The van der Waals surface area contributed by atoms with E-state index < -0.39 is 0 Å². The molecule has 2 aliphatic carbocycles. The molecular formula is C9H12O. The van der Waals surface area contributed by atoms with Gasteiger partial charge in [-0.1, -0.05) is 19.1 Å². The van der Waals surface area contributed by atoms with Crippen molar-refractivity contribution >= 4 is 0 Å². The van der Waals surface area contributed by atoms with E-state index in [2.05, 4.69) is 13.0 Å². The van der Waals surface area contributed by atoms with Gasteiger partial charge in [0.25, 0.3) is 0 Å². The Kier molecular flexibility index (Phi) is 1.21. The van der Waals surface area contributed by atoms with Crippen LogP contribution in [0.2, 0.25) is 0 Å². The van der Waals surface area contributed by atoms with Crippen molar-refractivity contribution in [2.75, 3.05) is 0 Å². The average Bonchev–Trinajstić information content (AvgIpc) is 1.89. The van der Waals surface area contributed by atoms with Crippen LogP contribution in [0.25, 0.3) is 0 Å². The minimum Gasteiger partial charge on any atom is -0.388 e. The lowest BCUT2D eigenvalue weighted by Crippen LogP contribution is -2.21. The van der Waals surface area contributed by atoms with Crippen LogP contribution in [0, 0.1) is 5.92 Å². The second-order valence-electron chi connectivity index (χ2n) is 3.23. The topological polar surface area (TPSA) is 20.2 Å². The Morgan fingerprint density at radius 1 is 1.30 bits per heavy atom. The van der Waals surface area contributed by atoms with Gasteiger partial charge in [-0.05, 0) is 24.0 Å². The van der Waals surface area contributed by atoms with Gasteiger partial charge in [0.1, 0.15) is 0 Å². The van der Waals surface area contributed by atoms with E-state index in [1.165, 1.54) is 24.0 Å². The molecule has 0 aromatic carbocycles. The largest absolute Gasteiger partial charge is 0.388 e. The Hall–Kier alpha value is -0.560. The van der Waals surface area contributed by atoms with Gasteiger partial charge in [-0.15, -0.1) is 0 Å². The summed E-state index contributed by atoms with van der Waals surface area (Å²) in [6, 6.07) is 0. The second-order valence-corrected chi connectivity index (χ2v) is 3.23. The molecule has 0 aromatic heterocycles. The van der Waals surface area contributed by atoms with Crippen molar-refractivity contribution in [1.82, 2.24) is 0 Å². The van der Waals surface area contributed by atoms with Crippen LogP contribution in [0.4, 0.5) is 0 Å². The zero-order valence-electron chi connectivity index (χ0n) is 6.17. The highest BCUT2D eigenvalue weighted by atomic mass is 16.3. The van der Waals surface area contributed by atoms with Crippen molar-refractivity contribution in [2.45, 2.75) is 25.9 Å². The zero-order valence-corrected chi connectivity index (χ0v) is 6.17. The molecule has 0 radical (unpaired) electrons. The van der Waals surface area contributed by atoms with Crippen molar-refractivity contribution < 1.29 is 5.11 Å². The molecule has 0 aromatic rings. The van der Waals surface area contributed by atoms with Crippen molar-refractivity contribution in [1.29, 1.82) is 0 Å². The summed E-state index contributed by atoms with van der Waals surface area (Å²) in [7, 11) is 0. The number of rotatable bonds is 0. The summed E-state index contributed by atoms with van der Waals surface area (Å²) in [5, 5.41) is 9.38. The number of aliphatic hydroxyl groups excluding tert-OH is 1. The predicted molar refractivity (Wildman–Crippen MR) is 40.6 cm³/mol. The Bertz CT molecular complexity index is 189. The lowest BCUT2D eigenvalue weighted by atomic mass is 9.77. The highest BCUT2D eigenvalue weighted by Crippen LogP contribution is 2.37. The Morgan fingerprint density at radius 3 is 2.40 bits per heavy atom. The molecule has 2 atom stereocenters. The minimum absolute atomic E-state index is 0.223. The molecule has 54 valence electrons. The predicted octanol–water partition coefficient (Wildman–Crippen LogP) is 1.64. The molecule has 1 nitrogen and oxygen atoms in total. The molecule has 0 amide bonds. The molecule has 1 N–H and O–H groups in total. The normalized spacial score (nSPS) is 37.4. The number of aliphatic hydroxyl groups is 1. The number of allylic oxidation sites excluding steroid dienone is 2. The molecular weight excluding hydrogens is 124 g/mol. The average molecular weight is 136 g/mol. The summed E-state index contributed by atoms with van der Waals surface area (Å²) in [5.74, 6) is 0.332. The molecule has 0 heterocycles. The maximum absolute atomic E-state index is 9.38. The molecule has 0 spiro atoms. The third-order valence-corrected chi connectivity index (χ3v) is 2.45. The van der Waals surface area contributed by atoms with E-state index in [-0.39, 0.29) is 6.10 Å². The fourth-order valence-corrected chi connectivity index (χ4v) is 1.57. The van der Waals surface area contributed by atoms with E-state index in [1.54, 1.807) is 0 Å². The van der Waals surface area contributed by atoms with Crippen LogP contribution in [0.1, 0.15) is 19.8 Å². The zero-order chi connectivity index (χ0) is 7.14. The first-order valence-electron chi connectivity index (χ1n) is 3.87. The number of hydrogen-bond acceptors (Lipinski definition) is 1. The smallest absolute Gasteiger partial charge is 0.0786 e. The molecule has 0 aliphatic heterocycles. The Labute approximate surface area is 61.1 Å². The van der Waals surface area contributed by atoms with Crippen LogP contribution in [0.3, 0.4) is 0 Å². The van der Waals surface area contributed by atoms with Crippen LogP contribution >= 0.6 is 0 Å². The first-order chi connectivity index (χ1) is 4.77. The van der Waals surface area contributed by atoms with Crippen LogP contribution in [0.5, 0.6) is 0 Å². The molecule has 1 heteroatoms. The summed E-state index contributed by atoms with van der Waals surface area (Å²) >= 11 is 0. The molecule has 0 saturated heterocycles. The van der Waals surface area contributed by atoms with Gasteiger partial charge in [-0.3, -0.25) is 0 Å². The van der Waals surface area contributed by atoms with Crippen LogP contribution in [-0.4, -0.2) is 11.2 Å². The highest BCUT2D eigenvalue weighted by Gasteiger charge is 2.24. The summed E-state index contributed by atoms with van der Waals surface area (Å²) in [5.41, 5.74) is 2.85. The molecule has 2 unspecified atom stereocenters. The quantitative estimate of drug-likeness (QED) is 0.536. The Balaban J connectivity index is 2.26. The molecule has 1 saturated carbocycles. The molecule has 2 aliphatic rings. The molecule has 0 bridgehead atoms. The first-order valence-corrected chi connectivity index (χ1v) is 3.87. The van der Waals surface area contributed by atoms with E-state index >= 15 is 0 Å². The SMILES string of the molecule is CC1C=C2CCC2=CC1O. The van der Waals surface area contributed by atoms with E-state index in [0.29, 0.717) is 5.92 Å². The fraction of sp³-hybridized carbons (Fsp3) is 0.556. The second kappa shape index (κ2) is 1.96. The van der Waals surface area contributed by atoms with Crippen molar-refractivity contribution in [3.63, 3.8) is 0 Å². The maximum Gasteiger partial charge on any atom is 0.0786 e. The summed E-state index contributed by atoms with van der Waals surface area (Å²) < 4.78 is 0. The summed E-state index contributed by atoms with van der Waals surface area (Å²) in [6.45, 7) is 2.06. The fourth-order valence-electron chi connectivity index (χ4n) is 1.57. The maximum atomic E-state index is 9.38. The van der Waals surface area contributed by atoms with Gasteiger partial charge in [0.2, 0.25) is 0 Å². The Morgan fingerprint density at radius 2 is 1.90 bits per heavy atom. The summed E-state index contributed by atoms with van der Waals surface area (Å²) in [6.07, 6.45) is 6.38. The monoisotopic (exact) mass is 136 g/mol. The van der Waals surface area contributed by atoms with E-state index in [1.807, 2.05) is 6.08 Å². The van der Waals surface area contributed by atoms with Crippen molar-refractivity contribution in [3.05, 3.63) is 23.3 Å². The van der Waals surface area contributed by atoms with Crippen molar-refractivity contribution in [2.24, 2.45) is 5.92 Å². The van der Waals surface area contributed by atoms with E-state index in [0.717, 1.165) is 0 Å². The van der Waals surface area contributed by atoms with Gasteiger partial charge < -0.3 is 5.11 Å². The third kappa shape index (κ3) is 0.739. The van der Waals surface area contributed by atoms with Gasteiger partial charge in [0.15, 0.2) is 0 Å². The lowest BCUT2D eigenvalue weighted by Gasteiger charge is -2.30. The van der Waals surface area contributed by atoms with E-state index in [9.17, 15) is 5.11 Å². The van der Waals surface area contributed by atoms with Gasteiger partial charge in [-0.25, -0.2) is 0 Å². The van der Waals surface area contributed by atoms with Crippen molar-refractivity contribution in [3.8, 4) is 0 Å². The highest BCUT2D eigenvalue weighted by molar-refractivity contribution is 5.43. The van der Waals surface area contributed by atoms with Gasteiger partial charge in [-0.2, -0.15) is 0 Å². The first kappa shape index (κ1) is 6.17. The van der Waals surface area contributed by atoms with Gasteiger partial charge >= 0.3 is 0 Å². The lowest BCUT2D eigenvalue weighted by molar-refractivity contribution is 0.180. The third-order valence-electron chi connectivity index (χ3n) is 2.45. The summed E-state index contributed by atoms with van der Waals surface area (Å²) in [4.78, 5) is 0. The molecule has 2 rings (SSSR count). The van der Waals surface area contributed by atoms with E-state index in [4.69, 9.17) is 0 Å². The van der Waals surface area contributed by atoms with Crippen LogP contribution in [0.15, 0.2) is 23.3 Å². The molecule has 1 fully saturated rings. The minimum atomic E-state index is -0.223. The number of fused-ring (bicyclic) bond motifs is 1. The van der Waals surface area contributed by atoms with Gasteiger partial charge in [0, 0.05) is 5.92 Å². The van der Waals surface area contributed by atoms with Gasteiger partial charge in [0.05, 0.1) is 6.10 Å². The standard InChI is InChI=1S/C9H12O/c1-6-4-7-2-3-8(7)5-9(6)10/h4-6,9-10H,2-3H2,1H3. The van der Waals surface area contributed by atoms with Crippen LogP contribution < -0.4 is 0 Å². The van der Waals surface area contributed by atoms with Crippen LogP contribution in [-0.2, 0) is 0 Å². The number of hydrogen-bond donors (Lipinski definition) is 1. The molecule has 10 heavy (non-hydrogen) atoms.